The van der Waals surface area contributed by atoms with E-state index in [9.17, 15) is 4.79 Å². The van der Waals surface area contributed by atoms with E-state index in [0.717, 1.165) is 31.2 Å². The molecule has 0 spiro atoms. The molecule has 2 atom stereocenters. The smallest absolute Gasteiger partial charge is 0.251 e. The van der Waals surface area contributed by atoms with Gasteiger partial charge in [-0.2, -0.15) is 0 Å². The summed E-state index contributed by atoms with van der Waals surface area (Å²) in [7, 11) is 0. The third-order valence-electron chi connectivity index (χ3n) is 4.06. The van der Waals surface area contributed by atoms with Crippen molar-refractivity contribution in [2.24, 2.45) is 5.73 Å². The van der Waals surface area contributed by atoms with Crippen molar-refractivity contribution < 1.29 is 4.79 Å². The van der Waals surface area contributed by atoms with Gasteiger partial charge in [-0.25, -0.2) is 0 Å². The molecule has 20 heavy (non-hydrogen) atoms. The molecule has 1 aromatic carbocycles. The Kier molecular flexibility index (Phi) is 4.48. The number of carbonyl (C=O) groups is 1. The second-order valence-corrected chi connectivity index (χ2v) is 6.92. The van der Waals surface area contributed by atoms with Crippen molar-refractivity contribution in [1.82, 2.24) is 5.32 Å². The summed E-state index contributed by atoms with van der Waals surface area (Å²) in [6.07, 6.45) is 4.12. The predicted octanol–water partition coefficient (Wildman–Crippen LogP) is 2.98. The molecule has 1 aromatic rings. The van der Waals surface area contributed by atoms with Crippen molar-refractivity contribution in [3.05, 3.63) is 35.4 Å². The number of carbonyl (C=O) groups excluding carboxylic acids is 1. The van der Waals surface area contributed by atoms with Crippen molar-refractivity contribution >= 4 is 5.91 Å². The summed E-state index contributed by atoms with van der Waals surface area (Å²) in [6, 6.07) is 8.38. The molecule has 0 aromatic heterocycles. The van der Waals surface area contributed by atoms with Crippen LogP contribution in [-0.4, -0.2) is 18.0 Å². The highest BCUT2D eigenvalue weighted by atomic mass is 16.1. The number of benzene rings is 1. The number of hydrogen-bond acceptors (Lipinski definition) is 2. The van der Waals surface area contributed by atoms with Gasteiger partial charge in [0.15, 0.2) is 0 Å². The minimum Gasteiger partial charge on any atom is -0.349 e. The molecule has 2 rings (SSSR count). The molecule has 1 amide bonds. The second kappa shape index (κ2) is 5.96. The first kappa shape index (κ1) is 15.0. The van der Waals surface area contributed by atoms with E-state index in [1.165, 1.54) is 5.56 Å². The van der Waals surface area contributed by atoms with Crippen LogP contribution in [0, 0.1) is 0 Å². The van der Waals surface area contributed by atoms with Crippen LogP contribution < -0.4 is 11.1 Å². The molecule has 0 bridgehead atoms. The Labute approximate surface area is 121 Å². The van der Waals surface area contributed by atoms with Crippen LogP contribution >= 0.6 is 0 Å². The predicted molar refractivity (Wildman–Crippen MR) is 82.8 cm³/mol. The monoisotopic (exact) mass is 274 g/mol. The van der Waals surface area contributed by atoms with Crippen LogP contribution in [0.2, 0.25) is 0 Å². The van der Waals surface area contributed by atoms with Gasteiger partial charge < -0.3 is 11.1 Å². The van der Waals surface area contributed by atoms with E-state index in [-0.39, 0.29) is 23.4 Å². The molecule has 1 aliphatic rings. The summed E-state index contributed by atoms with van der Waals surface area (Å²) in [6.45, 7) is 6.52. The highest BCUT2D eigenvalue weighted by molar-refractivity contribution is 5.94. The summed E-state index contributed by atoms with van der Waals surface area (Å²) < 4.78 is 0. The summed E-state index contributed by atoms with van der Waals surface area (Å²) in [4.78, 5) is 12.2. The molecule has 1 fully saturated rings. The van der Waals surface area contributed by atoms with Gasteiger partial charge in [-0.3, -0.25) is 4.79 Å². The van der Waals surface area contributed by atoms with E-state index >= 15 is 0 Å². The third kappa shape index (κ3) is 3.83. The van der Waals surface area contributed by atoms with Gasteiger partial charge in [0, 0.05) is 17.6 Å². The van der Waals surface area contributed by atoms with Gasteiger partial charge in [-0.05, 0) is 48.8 Å². The average molecular weight is 274 g/mol. The normalized spacial score (nSPS) is 23.4. The zero-order valence-electron chi connectivity index (χ0n) is 12.8. The van der Waals surface area contributed by atoms with E-state index in [4.69, 9.17) is 5.73 Å². The van der Waals surface area contributed by atoms with Crippen LogP contribution in [0.3, 0.4) is 0 Å². The van der Waals surface area contributed by atoms with E-state index in [1.54, 1.807) is 0 Å². The lowest BCUT2D eigenvalue weighted by Crippen LogP contribution is -2.42. The molecule has 0 unspecified atom stereocenters. The van der Waals surface area contributed by atoms with Crippen LogP contribution in [-0.2, 0) is 5.41 Å². The Balaban J connectivity index is 1.99. The fraction of sp³-hybridized carbons (Fsp3) is 0.588. The number of rotatable bonds is 2. The molecule has 110 valence electrons. The zero-order valence-corrected chi connectivity index (χ0v) is 12.8. The molecule has 0 saturated heterocycles. The number of hydrogen-bond donors (Lipinski definition) is 2. The Bertz CT molecular complexity index is 459. The van der Waals surface area contributed by atoms with Gasteiger partial charge in [-0.1, -0.05) is 32.9 Å². The fourth-order valence-corrected chi connectivity index (χ4v) is 2.75. The van der Waals surface area contributed by atoms with Crippen molar-refractivity contribution in [3.8, 4) is 0 Å². The van der Waals surface area contributed by atoms with Crippen LogP contribution in [0.5, 0.6) is 0 Å². The summed E-state index contributed by atoms with van der Waals surface area (Å²) in [5.41, 5.74) is 8.05. The summed E-state index contributed by atoms with van der Waals surface area (Å²) >= 11 is 0. The highest BCUT2D eigenvalue weighted by Crippen LogP contribution is 2.22. The molecular formula is C17H26N2O. The van der Waals surface area contributed by atoms with Crippen LogP contribution in [0.25, 0.3) is 0 Å². The maximum absolute atomic E-state index is 12.2. The Morgan fingerprint density at radius 1 is 1.20 bits per heavy atom. The molecule has 0 aliphatic heterocycles. The molecule has 0 heterocycles. The van der Waals surface area contributed by atoms with Gasteiger partial charge in [0.2, 0.25) is 0 Å². The molecule has 3 nitrogen and oxygen atoms in total. The first-order chi connectivity index (χ1) is 9.36. The molecule has 1 saturated carbocycles. The van der Waals surface area contributed by atoms with Crippen LogP contribution in [0.15, 0.2) is 24.3 Å². The van der Waals surface area contributed by atoms with Gasteiger partial charge in [0.25, 0.3) is 5.91 Å². The third-order valence-corrected chi connectivity index (χ3v) is 4.06. The van der Waals surface area contributed by atoms with Gasteiger partial charge in [0.05, 0.1) is 0 Å². The highest BCUT2D eigenvalue weighted by Gasteiger charge is 2.21. The van der Waals surface area contributed by atoms with E-state index in [0.29, 0.717) is 0 Å². The van der Waals surface area contributed by atoms with Crippen molar-refractivity contribution in [2.45, 2.75) is 64.0 Å². The van der Waals surface area contributed by atoms with Crippen LogP contribution in [0.4, 0.5) is 0 Å². The van der Waals surface area contributed by atoms with E-state index < -0.39 is 0 Å². The Hall–Kier alpha value is -1.35. The minimum absolute atomic E-state index is 0.0181. The standard InChI is InChI=1S/C17H26N2O/c1-17(2,3)13-9-7-12(8-10-13)16(20)19-15-6-4-5-14(18)11-15/h7-10,14-15H,4-6,11,18H2,1-3H3,(H,19,20)/t14-,15-/m1/s1. The van der Waals surface area contributed by atoms with Crippen molar-refractivity contribution in [2.75, 3.05) is 0 Å². The van der Waals surface area contributed by atoms with Gasteiger partial charge in [0.1, 0.15) is 0 Å². The summed E-state index contributed by atoms with van der Waals surface area (Å²) in [5.74, 6) is 0.0181. The number of nitrogens with one attached hydrogen (secondary N) is 1. The SMILES string of the molecule is CC(C)(C)c1ccc(C(=O)N[C@@H]2CCC[C@@H](N)C2)cc1. The van der Waals surface area contributed by atoms with Gasteiger partial charge >= 0.3 is 0 Å². The first-order valence-corrected chi connectivity index (χ1v) is 7.53. The lowest BCUT2D eigenvalue weighted by atomic mass is 9.86. The van der Waals surface area contributed by atoms with E-state index in [1.807, 2.05) is 24.3 Å². The topological polar surface area (TPSA) is 55.1 Å². The lowest BCUT2D eigenvalue weighted by Gasteiger charge is -2.27. The largest absolute Gasteiger partial charge is 0.349 e. The molecule has 3 heteroatoms. The lowest BCUT2D eigenvalue weighted by molar-refractivity contribution is 0.0925. The van der Waals surface area contributed by atoms with E-state index in [2.05, 4.69) is 26.1 Å². The fourth-order valence-electron chi connectivity index (χ4n) is 2.75. The molecule has 0 radical (unpaired) electrons. The van der Waals surface area contributed by atoms with Crippen LogP contribution in [0.1, 0.15) is 62.4 Å². The minimum atomic E-state index is 0.0181. The average Bonchev–Trinajstić information content (AvgIpc) is 2.38. The van der Waals surface area contributed by atoms with Crippen molar-refractivity contribution in [1.29, 1.82) is 0 Å². The molecule has 3 N–H and O–H groups in total. The maximum Gasteiger partial charge on any atom is 0.251 e. The van der Waals surface area contributed by atoms with Gasteiger partial charge in [-0.15, -0.1) is 0 Å². The molecular weight excluding hydrogens is 248 g/mol. The Morgan fingerprint density at radius 2 is 1.85 bits per heavy atom. The first-order valence-electron chi connectivity index (χ1n) is 7.53. The maximum atomic E-state index is 12.2. The number of amides is 1. The second-order valence-electron chi connectivity index (χ2n) is 6.92. The number of nitrogens with two attached hydrogens (primary N) is 1. The zero-order chi connectivity index (χ0) is 14.8. The Morgan fingerprint density at radius 3 is 2.40 bits per heavy atom. The van der Waals surface area contributed by atoms with Crippen molar-refractivity contribution in [3.63, 3.8) is 0 Å². The molecule has 1 aliphatic carbocycles. The quantitative estimate of drug-likeness (QED) is 0.871. The summed E-state index contributed by atoms with van der Waals surface area (Å²) in [5, 5.41) is 3.10.